The lowest BCUT2D eigenvalue weighted by molar-refractivity contribution is -0.127. The van der Waals surface area contributed by atoms with E-state index in [-0.39, 0.29) is 29.6 Å². The predicted molar refractivity (Wildman–Crippen MR) is 108 cm³/mol. The molecule has 0 spiro atoms. The first-order valence-corrected chi connectivity index (χ1v) is 10.3. The molecule has 1 aliphatic rings. The van der Waals surface area contributed by atoms with Crippen LogP contribution < -0.4 is 4.74 Å². The van der Waals surface area contributed by atoms with E-state index in [1.807, 2.05) is 4.90 Å². The Labute approximate surface area is 173 Å². The fourth-order valence-corrected chi connectivity index (χ4v) is 3.80. The summed E-state index contributed by atoms with van der Waals surface area (Å²) in [5.41, 5.74) is 0.671. The summed E-state index contributed by atoms with van der Waals surface area (Å²) in [5.74, 6) is -0.0761. The van der Waals surface area contributed by atoms with Crippen molar-refractivity contribution >= 4 is 29.4 Å². The van der Waals surface area contributed by atoms with E-state index in [1.165, 1.54) is 11.8 Å². The van der Waals surface area contributed by atoms with Crippen LogP contribution in [0.3, 0.4) is 0 Å². The number of esters is 1. The van der Waals surface area contributed by atoms with Crippen LogP contribution in [-0.2, 0) is 9.53 Å². The van der Waals surface area contributed by atoms with Crippen molar-refractivity contribution in [2.75, 3.05) is 32.6 Å². The summed E-state index contributed by atoms with van der Waals surface area (Å²) < 4.78 is 10.2. The molecule has 1 saturated heterocycles. The van der Waals surface area contributed by atoms with Crippen LogP contribution in [0.1, 0.15) is 33.6 Å². The molecular formula is C21H22N2O5S. The first kappa shape index (κ1) is 20.9. The number of nitrogens with zero attached hydrogens (tertiary/aromatic N) is 2. The Morgan fingerprint density at radius 3 is 2.52 bits per heavy atom. The molecule has 0 aliphatic carbocycles. The van der Waals surface area contributed by atoms with Crippen molar-refractivity contribution in [2.45, 2.75) is 17.9 Å². The van der Waals surface area contributed by atoms with Crippen LogP contribution in [0.25, 0.3) is 0 Å². The molecule has 1 amide bonds. The Kier molecular flexibility index (Phi) is 7.24. The third kappa shape index (κ3) is 5.57. The minimum Gasteiger partial charge on any atom is -0.497 e. The predicted octanol–water partition coefficient (Wildman–Crippen LogP) is 2.84. The van der Waals surface area contributed by atoms with Gasteiger partial charge in [-0.05, 0) is 49.2 Å². The van der Waals surface area contributed by atoms with E-state index in [0.29, 0.717) is 16.3 Å². The lowest BCUT2D eigenvalue weighted by Crippen LogP contribution is -2.29. The van der Waals surface area contributed by atoms with Gasteiger partial charge in [-0.25, -0.2) is 9.78 Å². The zero-order valence-corrected chi connectivity index (χ0v) is 16.9. The second kappa shape index (κ2) is 10.1. The molecule has 152 valence electrons. The molecule has 8 heteroatoms. The number of aromatic nitrogens is 1. The van der Waals surface area contributed by atoms with Gasteiger partial charge in [0.2, 0.25) is 5.91 Å². The summed E-state index contributed by atoms with van der Waals surface area (Å²) >= 11 is 1.20. The van der Waals surface area contributed by atoms with Gasteiger partial charge in [-0.2, -0.15) is 0 Å². The van der Waals surface area contributed by atoms with E-state index in [0.717, 1.165) is 25.9 Å². The first-order chi connectivity index (χ1) is 14.1. The average Bonchev–Trinajstić information content (AvgIpc) is 3.31. The van der Waals surface area contributed by atoms with Gasteiger partial charge in [-0.15, -0.1) is 0 Å². The van der Waals surface area contributed by atoms with Crippen LogP contribution in [-0.4, -0.2) is 60.1 Å². The molecule has 29 heavy (non-hydrogen) atoms. The SMILES string of the molecule is COc1ccc(C(=O)COC(=O)c2cccnc2SCC(=O)N2CCCC2)cc1. The van der Waals surface area contributed by atoms with E-state index < -0.39 is 5.97 Å². The highest BCUT2D eigenvalue weighted by Gasteiger charge is 2.21. The van der Waals surface area contributed by atoms with Crippen molar-refractivity contribution in [2.24, 2.45) is 0 Å². The zero-order chi connectivity index (χ0) is 20.6. The lowest BCUT2D eigenvalue weighted by Gasteiger charge is -2.15. The van der Waals surface area contributed by atoms with Crippen LogP contribution in [0.4, 0.5) is 0 Å². The van der Waals surface area contributed by atoms with Crippen molar-refractivity contribution in [3.8, 4) is 5.75 Å². The second-order valence-electron chi connectivity index (χ2n) is 6.46. The van der Waals surface area contributed by atoms with Crippen molar-refractivity contribution < 1.29 is 23.9 Å². The van der Waals surface area contributed by atoms with Crippen molar-refractivity contribution in [3.05, 3.63) is 53.7 Å². The fraction of sp³-hybridized carbons (Fsp3) is 0.333. The Balaban J connectivity index is 1.57. The number of pyridine rings is 1. The molecule has 1 aromatic heterocycles. The Morgan fingerprint density at radius 2 is 1.83 bits per heavy atom. The third-order valence-electron chi connectivity index (χ3n) is 4.53. The molecule has 2 heterocycles. The highest BCUT2D eigenvalue weighted by Crippen LogP contribution is 2.22. The summed E-state index contributed by atoms with van der Waals surface area (Å²) in [7, 11) is 1.54. The average molecular weight is 414 g/mol. The minimum atomic E-state index is -0.643. The van der Waals surface area contributed by atoms with E-state index in [2.05, 4.69) is 4.98 Å². The highest BCUT2D eigenvalue weighted by atomic mass is 32.2. The lowest BCUT2D eigenvalue weighted by atomic mass is 10.1. The topological polar surface area (TPSA) is 85.8 Å². The van der Waals surface area contributed by atoms with E-state index >= 15 is 0 Å². The molecule has 0 radical (unpaired) electrons. The number of ketones is 1. The summed E-state index contributed by atoms with van der Waals surface area (Å²) in [6.07, 6.45) is 3.61. The van der Waals surface area contributed by atoms with Crippen molar-refractivity contribution in [1.29, 1.82) is 0 Å². The number of rotatable bonds is 8. The molecule has 0 unspecified atom stereocenters. The highest BCUT2D eigenvalue weighted by molar-refractivity contribution is 8.00. The molecule has 0 saturated carbocycles. The Bertz CT molecular complexity index is 879. The first-order valence-electron chi connectivity index (χ1n) is 9.28. The van der Waals surface area contributed by atoms with Gasteiger partial charge in [0.1, 0.15) is 10.8 Å². The normalized spacial score (nSPS) is 13.2. The monoisotopic (exact) mass is 414 g/mol. The number of methoxy groups -OCH3 is 1. The number of ether oxygens (including phenoxy) is 2. The number of hydrogen-bond donors (Lipinski definition) is 0. The maximum absolute atomic E-state index is 12.5. The number of carbonyl (C=O) groups is 3. The van der Waals surface area contributed by atoms with Crippen molar-refractivity contribution in [3.63, 3.8) is 0 Å². The van der Waals surface area contributed by atoms with Gasteiger partial charge in [0.05, 0.1) is 18.4 Å². The molecule has 3 rings (SSSR count). The number of Topliss-reactive ketones (excluding diaryl/α,β-unsaturated/α-hetero) is 1. The van der Waals surface area contributed by atoms with Crippen LogP contribution in [0.15, 0.2) is 47.6 Å². The maximum Gasteiger partial charge on any atom is 0.341 e. The Hall–Kier alpha value is -2.87. The summed E-state index contributed by atoms with van der Waals surface area (Å²) in [4.78, 5) is 42.9. The minimum absolute atomic E-state index is 0.0344. The number of carbonyl (C=O) groups excluding carboxylic acids is 3. The standard InChI is InChI=1S/C21H22N2O5S/c1-27-16-8-6-15(7-9-16)18(24)13-28-21(26)17-5-4-10-22-20(17)29-14-19(25)23-11-2-3-12-23/h4-10H,2-3,11-14H2,1H3. The van der Waals surface area contributed by atoms with Crippen LogP contribution >= 0.6 is 11.8 Å². The second-order valence-corrected chi connectivity index (χ2v) is 7.42. The molecule has 1 aromatic carbocycles. The van der Waals surface area contributed by atoms with Crippen LogP contribution in [0.5, 0.6) is 5.75 Å². The zero-order valence-electron chi connectivity index (χ0n) is 16.1. The number of likely N-dealkylation sites (tertiary alicyclic amines) is 1. The molecule has 2 aromatic rings. The quantitative estimate of drug-likeness (QED) is 0.373. The Morgan fingerprint density at radius 1 is 1.10 bits per heavy atom. The fourth-order valence-electron chi connectivity index (χ4n) is 2.92. The van der Waals surface area contributed by atoms with Crippen molar-refractivity contribution in [1.82, 2.24) is 9.88 Å². The molecule has 0 N–H and O–H groups in total. The van der Waals surface area contributed by atoms with E-state index in [9.17, 15) is 14.4 Å². The van der Waals surface area contributed by atoms with Gasteiger partial charge in [0.15, 0.2) is 12.4 Å². The smallest absolute Gasteiger partial charge is 0.341 e. The van der Waals surface area contributed by atoms with Gasteiger partial charge in [0, 0.05) is 24.8 Å². The van der Waals surface area contributed by atoms with E-state index in [4.69, 9.17) is 9.47 Å². The summed E-state index contributed by atoms with van der Waals surface area (Å²) in [5, 5.41) is 0.418. The molecule has 1 fully saturated rings. The van der Waals surface area contributed by atoms with Gasteiger partial charge in [-0.1, -0.05) is 11.8 Å². The van der Waals surface area contributed by atoms with Crippen LogP contribution in [0, 0.1) is 0 Å². The maximum atomic E-state index is 12.5. The van der Waals surface area contributed by atoms with Gasteiger partial charge in [-0.3, -0.25) is 9.59 Å². The van der Waals surface area contributed by atoms with E-state index in [1.54, 1.807) is 49.7 Å². The van der Waals surface area contributed by atoms with Gasteiger partial charge < -0.3 is 14.4 Å². The van der Waals surface area contributed by atoms with Crippen LogP contribution in [0.2, 0.25) is 0 Å². The third-order valence-corrected chi connectivity index (χ3v) is 5.52. The summed E-state index contributed by atoms with van der Waals surface area (Å²) in [6.45, 7) is 1.19. The number of amides is 1. The molecular weight excluding hydrogens is 392 g/mol. The number of hydrogen-bond acceptors (Lipinski definition) is 7. The largest absolute Gasteiger partial charge is 0.497 e. The number of thioether (sulfide) groups is 1. The molecule has 1 aliphatic heterocycles. The van der Waals surface area contributed by atoms with Gasteiger partial charge in [0.25, 0.3) is 0 Å². The number of benzene rings is 1. The molecule has 0 atom stereocenters. The van der Waals surface area contributed by atoms with Gasteiger partial charge >= 0.3 is 5.97 Å². The molecule has 7 nitrogen and oxygen atoms in total. The summed E-state index contributed by atoms with van der Waals surface area (Å²) in [6, 6.07) is 9.77. The molecule has 0 bridgehead atoms.